The van der Waals surface area contributed by atoms with Crippen molar-refractivity contribution in [3.8, 4) is 0 Å². The summed E-state index contributed by atoms with van der Waals surface area (Å²) in [4.78, 5) is 7.63. The van der Waals surface area contributed by atoms with E-state index in [2.05, 4.69) is 14.7 Å². The van der Waals surface area contributed by atoms with Gasteiger partial charge in [0, 0.05) is 71.0 Å². The van der Waals surface area contributed by atoms with E-state index in [0.29, 0.717) is 25.6 Å². The third kappa shape index (κ3) is 4.67. The second-order valence-electron chi connectivity index (χ2n) is 9.28. The van der Waals surface area contributed by atoms with E-state index in [1.165, 1.54) is 68.8 Å². The van der Waals surface area contributed by atoms with Crippen LogP contribution in [0.15, 0.2) is 0 Å². The zero-order valence-electron chi connectivity index (χ0n) is 16.7. The third-order valence-electron chi connectivity index (χ3n) is 7.18. The minimum atomic E-state index is -3.20. The van der Waals surface area contributed by atoms with Gasteiger partial charge in [0.25, 0.3) is 0 Å². The Morgan fingerprint density at radius 3 is 2.07 bits per heavy atom. The van der Waals surface area contributed by atoms with Gasteiger partial charge < -0.3 is 5.11 Å². The number of rotatable bonds is 5. The molecule has 1 N–H and O–H groups in total. The molecule has 156 valence electrons. The van der Waals surface area contributed by atoms with Gasteiger partial charge in [-0.3, -0.25) is 14.7 Å². The van der Waals surface area contributed by atoms with Crippen molar-refractivity contribution >= 4 is 10.0 Å². The first kappa shape index (κ1) is 20.0. The molecule has 3 heterocycles. The highest BCUT2D eigenvalue weighted by molar-refractivity contribution is 7.88. The lowest BCUT2D eigenvalue weighted by molar-refractivity contribution is -0.0500. The Labute approximate surface area is 164 Å². The van der Waals surface area contributed by atoms with E-state index in [1.807, 2.05) is 0 Å². The van der Waals surface area contributed by atoms with Gasteiger partial charge in [0.15, 0.2) is 0 Å². The van der Waals surface area contributed by atoms with Crippen molar-refractivity contribution in [3.05, 3.63) is 0 Å². The largest absolute Gasteiger partial charge is 0.387 e. The molecule has 4 rings (SSSR count). The molecule has 1 unspecified atom stereocenters. The molecule has 7 nitrogen and oxygen atoms in total. The molecule has 8 heteroatoms. The quantitative estimate of drug-likeness (QED) is 0.702. The molecule has 3 saturated heterocycles. The van der Waals surface area contributed by atoms with Gasteiger partial charge in [-0.2, -0.15) is 4.31 Å². The first-order chi connectivity index (χ1) is 12.8. The maximum absolute atomic E-state index is 11.7. The van der Waals surface area contributed by atoms with Crippen LogP contribution in [0.2, 0.25) is 0 Å². The number of piperazine rings is 1. The molecule has 0 bridgehead atoms. The molecule has 0 aromatic heterocycles. The topological polar surface area (TPSA) is 67.3 Å². The van der Waals surface area contributed by atoms with Crippen molar-refractivity contribution in [2.45, 2.75) is 56.2 Å². The van der Waals surface area contributed by atoms with E-state index in [0.717, 1.165) is 19.1 Å². The molecular formula is C19H36N4O3S. The van der Waals surface area contributed by atoms with Gasteiger partial charge >= 0.3 is 0 Å². The molecule has 1 saturated carbocycles. The molecule has 4 aliphatic rings. The summed E-state index contributed by atoms with van der Waals surface area (Å²) in [5.41, 5.74) is -0.881. The molecule has 0 aromatic rings. The number of hydrogen-bond donors (Lipinski definition) is 1. The Morgan fingerprint density at radius 2 is 1.52 bits per heavy atom. The van der Waals surface area contributed by atoms with Gasteiger partial charge in [0.1, 0.15) is 0 Å². The number of aliphatic hydroxyl groups is 1. The summed E-state index contributed by atoms with van der Waals surface area (Å²) in [7, 11) is -3.20. The predicted molar refractivity (Wildman–Crippen MR) is 106 cm³/mol. The van der Waals surface area contributed by atoms with Crippen LogP contribution in [0.1, 0.15) is 38.5 Å². The Morgan fingerprint density at radius 1 is 0.926 bits per heavy atom. The van der Waals surface area contributed by atoms with E-state index in [9.17, 15) is 13.5 Å². The van der Waals surface area contributed by atoms with Crippen LogP contribution in [-0.2, 0) is 10.0 Å². The molecule has 3 aliphatic heterocycles. The maximum atomic E-state index is 11.7. The Kier molecular flexibility index (Phi) is 5.85. The van der Waals surface area contributed by atoms with E-state index >= 15 is 0 Å². The van der Waals surface area contributed by atoms with Crippen molar-refractivity contribution in [2.24, 2.45) is 0 Å². The van der Waals surface area contributed by atoms with Crippen LogP contribution < -0.4 is 0 Å². The summed E-state index contributed by atoms with van der Waals surface area (Å²) in [5, 5.41) is 10.8. The van der Waals surface area contributed by atoms with E-state index in [4.69, 9.17) is 0 Å². The third-order valence-corrected chi connectivity index (χ3v) is 8.43. The smallest absolute Gasteiger partial charge is 0.211 e. The first-order valence-electron chi connectivity index (χ1n) is 10.7. The number of likely N-dealkylation sites (tertiary alicyclic amines) is 1. The van der Waals surface area contributed by atoms with Crippen LogP contribution in [-0.4, -0.2) is 115 Å². The summed E-state index contributed by atoms with van der Waals surface area (Å²) in [6.45, 7) is 8.03. The number of sulfonamides is 1. The van der Waals surface area contributed by atoms with Crippen LogP contribution >= 0.6 is 0 Å². The standard InChI is InChI=1S/C19H36N4O3S/c1-27(25,26)23-8-7-19(24,16-23)15-20-13-18(14-20)22-11-9-21(10-12-22)17-5-3-2-4-6-17/h17-18,24H,2-16H2,1H3. The highest BCUT2D eigenvalue weighted by atomic mass is 32.2. The second-order valence-corrected chi connectivity index (χ2v) is 11.3. The summed E-state index contributed by atoms with van der Waals surface area (Å²) in [6.07, 6.45) is 8.78. The number of hydrogen-bond acceptors (Lipinski definition) is 6. The van der Waals surface area contributed by atoms with Gasteiger partial charge in [-0.15, -0.1) is 0 Å². The molecule has 0 amide bonds. The van der Waals surface area contributed by atoms with E-state index in [1.54, 1.807) is 0 Å². The molecule has 1 atom stereocenters. The van der Waals surface area contributed by atoms with Crippen molar-refractivity contribution < 1.29 is 13.5 Å². The van der Waals surface area contributed by atoms with Crippen molar-refractivity contribution in [1.29, 1.82) is 0 Å². The summed E-state index contributed by atoms with van der Waals surface area (Å²) < 4.78 is 24.8. The predicted octanol–water partition coefficient (Wildman–Crippen LogP) is 0.0173. The van der Waals surface area contributed by atoms with Crippen LogP contribution in [0.25, 0.3) is 0 Å². The fourth-order valence-electron chi connectivity index (χ4n) is 5.46. The highest BCUT2D eigenvalue weighted by Crippen LogP contribution is 2.28. The first-order valence-corrected chi connectivity index (χ1v) is 12.6. The van der Waals surface area contributed by atoms with Gasteiger partial charge in [0.2, 0.25) is 10.0 Å². The fourth-order valence-corrected chi connectivity index (χ4v) is 6.36. The number of β-amino-alcohol motifs (C(OH)–C–C–N with tert-alkyl or cyclic N) is 1. The normalized spacial score (nSPS) is 34.1. The lowest BCUT2D eigenvalue weighted by Crippen LogP contribution is -2.65. The molecule has 1 aliphatic carbocycles. The highest BCUT2D eigenvalue weighted by Gasteiger charge is 2.44. The van der Waals surface area contributed by atoms with Gasteiger partial charge in [-0.25, -0.2) is 8.42 Å². The van der Waals surface area contributed by atoms with Gasteiger partial charge in [-0.1, -0.05) is 19.3 Å². The lowest BCUT2D eigenvalue weighted by Gasteiger charge is -2.50. The van der Waals surface area contributed by atoms with Crippen molar-refractivity contribution in [1.82, 2.24) is 19.0 Å². The minimum Gasteiger partial charge on any atom is -0.387 e. The Bertz CT molecular complexity index is 610. The van der Waals surface area contributed by atoms with Crippen LogP contribution in [0.4, 0.5) is 0 Å². The van der Waals surface area contributed by atoms with Gasteiger partial charge in [-0.05, 0) is 19.3 Å². The molecular weight excluding hydrogens is 364 g/mol. The van der Waals surface area contributed by atoms with Crippen molar-refractivity contribution in [3.63, 3.8) is 0 Å². The lowest BCUT2D eigenvalue weighted by atomic mass is 9.93. The van der Waals surface area contributed by atoms with E-state index in [-0.39, 0.29) is 6.54 Å². The monoisotopic (exact) mass is 400 g/mol. The minimum absolute atomic E-state index is 0.243. The SMILES string of the molecule is CS(=O)(=O)N1CCC(O)(CN2CC(N3CCN(C4CCCCC4)CC3)C2)C1. The Hall–Kier alpha value is -0.250. The fraction of sp³-hybridized carbons (Fsp3) is 1.00. The zero-order chi connectivity index (χ0) is 19.1. The molecule has 0 spiro atoms. The summed E-state index contributed by atoms with van der Waals surface area (Å²) in [5.74, 6) is 0. The summed E-state index contributed by atoms with van der Waals surface area (Å²) >= 11 is 0. The Balaban J connectivity index is 1.18. The van der Waals surface area contributed by atoms with Crippen LogP contribution in [0, 0.1) is 0 Å². The molecule has 4 fully saturated rings. The molecule has 0 radical (unpaired) electrons. The maximum Gasteiger partial charge on any atom is 0.211 e. The second kappa shape index (κ2) is 7.88. The van der Waals surface area contributed by atoms with Crippen LogP contribution in [0.5, 0.6) is 0 Å². The van der Waals surface area contributed by atoms with Gasteiger partial charge in [0.05, 0.1) is 11.9 Å². The molecule has 0 aromatic carbocycles. The van der Waals surface area contributed by atoms with E-state index < -0.39 is 15.6 Å². The number of nitrogens with zero attached hydrogens (tertiary/aromatic N) is 4. The zero-order valence-corrected chi connectivity index (χ0v) is 17.5. The average Bonchev–Trinajstić information content (AvgIpc) is 3.02. The van der Waals surface area contributed by atoms with Crippen LogP contribution in [0.3, 0.4) is 0 Å². The average molecular weight is 401 g/mol. The summed E-state index contributed by atoms with van der Waals surface area (Å²) in [6, 6.07) is 1.43. The van der Waals surface area contributed by atoms with Crippen molar-refractivity contribution in [2.75, 3.05) is 65.2 Å². The molecule has 27 heavy (non-hydrogen) atoms.